The Morgan fingerprint density at radius 1 is 1.12 bits per heavy atom. The topological polar surface area (TPSA) is 55.4 Å². The molecule has 0 heterocycles. The van der Waals surface area contributed by atoms with Gasteiger partial charge in [0, 0.05) is 10.7 Å². The van der Waals surface area contributed by atoms with E-state index in [1.165, 1.54) is 0 Å². The van der Waals surface area contributed by atoms with E-state index >= 15 is 0 Å². The van der Waals surface area contributed by atoms with Crippen molar-refractivity contribution in [3.05, 3.63) is 64.2 Å². The van der Waals surface area contributed by atoms with Crippen LogP contribution in [0, 0.1) is 6.92 Å². The average molecular weight is 372 g/mol. The third-order valence-electron chi connectivity index (χ3n) is 3.26. The number of amides is 1. The average Bonchev–Trinajstić information content (AvgIpc) is 2.55. The van der Waals surface area contributed by atoms with Crippen LogP contribution < -0.4 is 5.32 Å². The second-order valence-electron chi connectivity index (χ2n) is 5.16. The maximum atomic E-state index is 12.5. The number of rotatable bonds is 4. The molecule has 1 amide bonds. The monoisotopic (exact) mass is 371 g/mol. The summed E-state index contributed by atoms with van der Waals surface area (Å²) >= 11 is 5.84. The molecular formula is C17H13ClF3NO3. The molecule has 0 aromatic heterocycles. The highest BCUT2D eigenvalue weighted by Gasteiger charge is 2.30. The summed E-state index contributed by atoms with van der Waals surface area (Å²) in [6, 6.07) is 8.45. The summed E-state index contributed by atoms with van der Waals surface area (Å²) in [5.41, 5.74) is 0.285. The molecular weight excluding hydrogens is 359 g/mol. The minimum atomic E-state index is -4.49. The summed E-state index contributed by atoms with van der Waals surface area (Å²) in [6.45, 7) is 1.19. The van der Waals surface area contributed by atoms with Gasteiger partial charge in [-0.1, -0.05) is 17.7 Å². The molecule has 0 saturated heterocycles. The van der Waals surface area contributed by atoms with Gasteiger partial charge in [0.2, 0.25) is 0 Å². The largest absolute Gasteiger partial charge is 0.452 e. The van der Waals surface area contributed by atoms with Gasteiger partial charge in [-0.15, -0.1) is 0 Å². The van der Waals surface area contributed by atoms with Crippen LogP contribution in [0.1, 0.15) is 21.5 Å². The van der Waals surface area contributed by atoms with Crippen LogP contribution in [0.5, 0.6) is 0 Å². The zero-order valence-corrected chi connectivity index (χ0v) is 13.7. The van der Waals surface area contributed by atoms with Crippen LogP contribution >= 0.6 is 11.6 Å². The van der Waals surface area contributed by atoms with Crippen LogP contribution in [0.15, 0.2) is 42.5 Å². The van der Waals surface area contributed by atoms with Crippen molar-refractivity contribution < 1.29 is 27.5 Å². The van der Waals surface area contributed by atoms with Crippen LogP contribution in [-0.4, -0.2) is 18.5 Å². The maximum absolute atomic E-state index is 12.5. The molecule has 132 valence electrons. The Morgan fingerprint density at radius 3 is 2.36 bits per heavy atom. The number of halogens is 4. The Balaban J connectivity index is 1.93. The molecule has 0 fully saturated rings. The van der Waals surface area contributed by atoms with E-state index in [0.717, 1.165) is 29.8 Å². The Labute approximate surface area is 146 Å². The quantitative estimate of drug-likeness (QED) is 0.807. The van der Waals surface area contributed by atoms with Gasteiger partial charge in [0.15, 0.2) is 6.61 Å². The van der Waals surface area contributed by atoms with Crippen molar-refractivity contribution in [2.45, 2.75) is 13.1 Å². The van der Waals surface area contributed by atoms with Gasteiger partial charge in [0.05, 0.1) is 11.1 Å². The van der Waals surface area contributed by atoms with Crippen molar-refractivity contribution in [3.63, 3.8) is 0 Å². The molecule has 0 atom stereocenters. The normalized spacial score (nSPS) is 11.1. The Morgan fingerprint density at radius 2 is 1.76 bits per heavy atom. The van der Waals surface area contributed by atoms with Crippen LogP contribution in [0.3, 0.4) is 0 Å². The second-order valence-corrected chi connectivity index (χ2v) is 5.60. The fourth-order valence-corrected chi connectivity index (χ4v) is 2.10. The smallest absolute Gasteiger partial charge is 0.416 e. The molecule has 0 spiro atoms. The number of anilines is 1. The zero-order valence-electron chi connectivity index (χ0n) is 13.0. The van der Waals surface area contributed by atoms with Crippen molar-refractivity contribution in [3.8, 4) is 0 Å². The van der Waals surface area contributed by atoms with Crippen molar-refractivity contribution in [2.75, 3.05) is 11.9 Å². The predicted octanol–water partition coefficient (Wildman–Crippen LogP) is 4.46. The van der Waals surface area contributed by atoms with E-state index < -0.39 is 30.2 Å². The fraction of sp³-hybridized carbons (Fsp3) is 0.176. The number of alkyl halides is 3. The summed E-state index contributed by atoms with van der Waals surface area (Å²) in [5.74, 6) is -1.49. The summed E-state index contributed by atoms with van der Waals surface area (Å²) in [7, 11) is 0. The lowest BCUT2D eigenvalue weighted by molar-refractivity contribution is -0.137. The number of hydrogen-bond acceptors (Lipinski definition) is 3. The first-order chi connectivity index (χ1) is 11.7. The van der Waals surface area contributed by atoms with E-state index in [-0.39, 0.29) is 5.56 Å². The minimum Gasteiger partial charge on any atom is -0.452 e. The van der Waals surface area contributed by atoms with Gasteiger partial charge in [-0.25, -0.2) is 4.79 Å². The third-order valence-corrected chi connectivity index (χ3v) is 3.49. The van der Waals surface area contributed by atoms with Crippen LogP contribution in [0.25, 0.3) is 0 Å². The van der Waals surface area contributed by atoms with Crippen molar-refractivity contribution in [1.29, 1.82) is 0 Å². The molecule has 1 N–H and O–H groups in total. The first-order valence-corrected chi connectivity index (χ1v) is 7.45. The molecule has 25 heavy (non-hydrogen) atoms. The van der Waals surface area contributed by atoms with Crippen molar-refractivity contribution in [1.82, 2.24) is 0 Å². The van der Waals surface area contributed by atoms with E-state index in [9.17, 15) is 22.8 Å². The standard InChI is InChI=1S/C17H13ClF3NO3/c1-10-2-7-13(18)8-14(10)22-15(23)9-25-16(24)11-3-5-12(6-4-11)17(19,20)21/h2-8H,9H2,1H3,(H,22,23). The molecule has 2 aromatic rings. The van der Waals surface area contributed by atoms with Crippen LogP contribution in [0.2, 0.25) is 5.02 Å². The maximum Gasteiger partial charge on any atom is 0.416 e. The summed E-state index contributed by atoms with van der Waals surface area (Å²) in [4.78, 5) is 23.6. The fourth-order valence-electron chi connectivity index (χ4n) is 1.92. The summed E-state index contributed by atoms with van der Waals surface area (Å²) in [5, 5.41) is 2.97. The van der Waals surface area contributed by atoms with Crippen molar-refractivity contribution >= 4 is 29.2 Å². The van der Waals surface area contributed by atoms with Gasteiger partial charge in [0.25, 0.3) is 5.91 Å². The predicted molar refractivity (Wildman–Crippen MR) is 86.5 cm³/mol. The number of carbonyl (C=O) groups is 2. The van der Waals surface area contributed by atoms with Gasteiger partial charge >= 0.3 is 12.1 Å². The number of esters is 1. The number of hydrogen-bond donors (Lipinski definition) is 1. The zero-order chi connectivity index (χ0) is 18.6. The SMILES string of the molecule is Cc1ccc(Cl)cc1NC(=O)COC(=O)c1ccc(C(F)(F)F)cc1. The van der Waals surface area contributed by atoms with Gasteiger partial charge < -0.3 is 10.1 Å². The molecule has 0 bridgehead atoms. The molecule has 0 radical (unpaired) electrons. The molecule has 0 saturated carbocycles. The summed E-state index contributed by atoms with van der Waals surface area (Å²) in [6.07, 6.45) is -4.49. The number of nitrogens with one attached hydrogen (secondary N) is 1. The first kappa shape index (κ1) is 18.8. The van der Waals surface area contributed by atoms with Crippen molar-refractivity contribution in [2.24, 2.45) is 0 Å². The third kappa shape index (κ3) is 5.22. The van der Waals surface area contributed by atoms with Gasteiger partial charge in [0.1, 0.15) is 0 Å². The lowest BCUT2D eigenvalue weighted by Crippen LogP contribution is -2.21. The Hall–Kier alpha value is -2.54. The molecule has 0 aliphatic heterocycles. The van der Waals surface area contributed by atoms with E-state index in [1.807, 2.05) is 0 Å². The number of carbonyl (C=O) groups excluding carboxylic acids is 2. The van der Waals surface area contributed by atoms with Gasteiger partial charge in [-0.2, -0.15) is 13.2 Å². The molecule has 0 aliphatic rings. The molecule has 0 aliphatic carbocycles. The highest BCUT2D eigenvalue weighted by atomic mass is 35.5. The second kappa shape index (κ2) is 7.57. The van der Waals surface area contributed by atoms with E-state index in [4.69, 9.17) is 16.3 Å². The van der Waals surface area contributed by atoms with Gasteiger partial charge in [-0.3, -0.25) is 4.79 Å². The number of ether oxygens (including phenoxy) is 1. The van der Waals surface area contributed by atoms with E-state index in [1.54, 1.807) is 25.1 Å². The lowest BCUT2D eigenvalue weighted by atomic mass is 10.1. The highest BCUT2D eigenvalue weighted by molar-refractivity contribution is 6.31. The van der Waals surface area contributed by atoms with Gasteiger partial charge in [-0.05, 0) is 48.9 Å². The van der Waals surface area contributed by atoms with Crippen LogP contribution in [-0.2, 0) is 15.7 Å². The highest BCUT2D eigenvalue weighted by Crippen LogP contribution is 2.29. The number of benzene rings is 2. The van der Waals surface area contributed by atoms with E-state index in [2.05, 4.69) is 5.32 Å². The molecule has 2 rings (SSSR count). The molecule has 0 unspecified atom stereocenters. The summed E-state index contributed by atoms with van der Waals surface area (Å²) < 4.78 is 42.2. The Bertz CT molecular complexity index is 789. The number of aryl methyl sites for hydroxylation is 1. The molecule has 8 heteroatoms. The Kier molecular flexibility index (Phi) is 5.69. The van der Waals surface area contributed by atoms with Crippen LogP contribution in [0.4, 0.5) is 18.9 Å². The minimum absolute atomic E-state index is 0.0836. The molecule has 4 nitrogen and oxygen atoms in total. The molecule has 2 aromatic carbocycles. The van der Waals surface area contributed by atoms with E-state index in [0.29, 0.717) is 10.7 Å². The lowest BCUT2D eigenvalue weighted by Gasteiger charge is -2.10. The first-order valence-electron chi connectivity index (χ1n) is 7.07.